The summed E-state index contributed by atoms with van der Waals surface area (Å²) in [5, 5.41) is -1.25. The second-order valence-electron chi connectivity index (χ2n) is 4.67. The quantitative estimate of drug-likeness (QED) is 0.492. The van der Waals surface area contributed by atoms with E-state index in [0.29, 0.717) is 5.75 Å². The van der Waals surface area contributed by atoms with E-state index in [1.807, 2.05) is 0 Å². The van der Waals surface area contributed by atoms with Crippen molar-refractivity contribution in [1.29, 1.82) is 0 Å². The van der Waals surface area contributed by atoms with Crippen LogP contribution in [-0.2, 0) is 0 Å². The smallest absolute Gasteiger partial charge is 0.166 e. The summed E-state index contributed by atoms with van der Waals surface area (Å²) in [6.45, 7) is 3.18. The molecule has 0 amide bonds. The molecule has 106 valence electrons. The highest BCUT2D eigenvalue weighted by atomic mass is 32.2. The molecule has 0 radical (unpaired) electrons. The molecule has 0 heterocycles. The zero-order valence-electron chi connectivity index (χ0n) is 10.8. The summed E-state index contributed by atoms with van der Waals surface area (Å²) >= 11 is 1.01. The molecule has 0 aromatic carbocycles. The van der Waals surface area contributed by atoms with Crippen LogP contribution in [0.1, 0.15) is 39.5 Å². The molecular weight excluding hydrogens is 264 g/mol. The van der Waals surface area contributed by atoms with Crippen LogP contribution in [0.3, 0.4) is 0 Å². The van der Waals surface area contributed by atoms with E-state index in [1.54, 1.807) is 0 Å². The first-order valence-electron chi connectivity index (χ1n) is 6.40. The van der Waals surface area contributed by atoms with Gasteiger partial charge in [0.1, 0.15) is 5.83 Å². The first-order chi connectivity index (χ1) is 8.50. The van der Waals surface area contributed by atoms with Crippen molar-refractivity contribution in [3.05, 3.63) is 11.4 Å². The lowest BCUT2D eigenvalue weighted by molar-refractivity contribution is 0.131. The van der Waals surface area contributed by atoms with Crippen molar-refractivity contribution in [3.63, 3.8) is 0 Å². The number of rotatable bonds is 6. The fraction of sp³-hybridized carbons (Fsp3) is 0.846. The molecule has 5 heteroatoms. The zero-order valence-corrected chi connectivity index (χ0v) is 11.6. The van der Waals surface area contributed by atoms with Crippen molar-refractivity contribution >= 4 is 11.8 Å². The van der Waals surface area contributed by atoms with Gasteiger partial charge in [-0.05, 0) is 24.7 Å². The minimum absolute atomic E-state index is 0.433. The molecule has 1 aliphatic rings. The minimum Gasteiger partial charge on any atom is -0.243 e. The molecule has 0 saturated carbocycles. The number of unbranched alkanes of at least 4 members (excludes halogenated alkanes) is 3. The van der Waals surface area contributed by atoms with Gasteiger partial charge in [-0.2, -0.15) is 11.8 Å². The summed E-state index contributed by atoms with van der Waals surface area (Å²) in [7, 11) is 0. The molecule has 0 aromatic heterocycles. The van der Waals surface area contributed by atoms with E-state index in [0.717, 1.165) is 44.4 Å². The van der Waals surface area contributed by atoms with E-state index < -0.39 is 35.2 Å². The zero-order chi connectivity index (χ0) is 13.7. The van der Waals surface area contributed by atoms with Crippen LogP contribution in [0.5, 0.6) is 0 Å². The van der Waals surface area contributed by atoms with Gasteiger partial charge in [-0.3, -0.25) is 0 Å². The first-order valence-corrected chi connectivity index (χ1v) is 7.45. The van der Waals surface area contributed by atoms with E-state index in [1.165, 1.54) is 0 Å². The van der Waals surface area contributed by atoms with Crippen molar-refractivity contribution in [2.45, 2.75) is 63.3 Å². The first kappa shape index (κ1) is 15.9. The number of hydrogen-bond acceptors (Lipinski definition) is 1. The van der Waals surface area contributed by atoms with E-state index in [9.17, 15) is 17.6 Å². The lowest BCUT2D eigenvalue weighted by Gasteiger charge is -2.31. The fourth-order valence-electron chi connectivity index (χ4n) is 1.98. The number of halogens is 4. The predicted molar refractivity (Wildman–Crippen MR) is 68.9 cm³/mol. The molecule has 0 N–H and O–H groups in total. The molecule has 1 rings (SSSR count). The van der Waals surface area contributed by atoms with Crippen LogP contribution in [0, 0.1) is 0 Å². The van der Waals surface area contributed by atoms with Gasteiger partial charge in [0.15, 0.2) is 18.5 Å². The van der Waals surface area contributed by atoms with Gasteiger partial charge < -0.3 is 0 Å². The second kappa shape index (κ2) is 7.41. The third-order valence-electron chi connectivity index (χ3n) is 3.22. The molecular formula is C13H20F4S. The van der Waals surface area contributed by atoms with E-state index >= 15 is 0 Å². The van der Waals surface area contributed by atoms with Crippen LogP contribution in [-0.4, -0.2) is 29.5 Å². The Morgan fingerprint density at radius 2 is 1.72 bits per heavy atom. The molecule has 0 aliphatic heterocycles. The summed E-state index contributed by atoms with van der Waals surface area (Å²) in [4.78, 5) is 0. The van der Waals surface area contributed by atoms with Crippen molar-refractivity contribution in [3.8, 4) is 0 Å². The predicted octanol–water partition coefficient (Wildman–Crippen LogP) is 4.94. The summed E-state index contributed by atoms with van der Waals surface area (Å²) in [6, 6.07) is 0. The maximum Gasteiger partial charge on any atom is 0.166 e. The Morgan fingerprint density at radius 1 is 1.06 bits per heavy atom. The summed E-state index contributed by atoms with van der Waals surface area (Å²) in [5.41, 5.74) is -0.433. The maximum absolute atomic E-state index is 13.7. The van der Waals surface area contributed by atoms with Crippen LogP contribution in [0.4, 0.5) is 17.6 Å². The molecule has 0 saturated heterocycles. The van der Waals surface area contributed by atoms with Gasteiger partial charge in [0.25, 0.3) is 0 Å². The van der Waals surface area contributed by atoms with Crippen LogP contribution < -0.4 is 0 Å². The molecule has 4 atom stereocenters. The Labute approximate surface area is 110 Å². The number of alkyl halides is 3. The minimum atomic E-state index is -2.01. The number of hydrogen-bond donors (Lipinski definition) is 0. The topological polar surface area (TPSA) is 0 Å². The number of thioether (sulfide) groups is 1. The Kier molecular flexibility index (Phi) is 6.53. The highest BCUT2D eigenvalue weighted by Crippen LogP contribution is 2.39. The molecule has 4 unspecified atom stereocenters. The molecule has 0 fully saturated rings. The van der Waals surface area contributed by atoms with Crippen molar-refractivity contribution in [1.82, 2.24) is 0 Å². The molecule has 1 aliphatic carbocycles. The Balaban J connectivity index is 2.50. The van der Waals surface area contributed by atoms with Gasteiger partial charge >= 0.3 is 0 Å². The standard InChI is InChI=1S/C13H20F4S/c1-3-4-5-6-7-18-13-11(16)9(14)8(2)10(15)12(13)17/h9,11-13H,3-7H2,1-2H3. The van der Waals surface area contributed by atoms with Gasteiger partial charge in [-0.25, -0.2) is 17.6 Å². The lowest BCUT2D eigenvalue weighted by Crippen LogP contribution is -2.42. The molecule has 0 bridgehead atoms. The molecule has 0 nitrogen and oxygen atoms in total. The van der Waals surface area contributed by atoms with E-state index in [4.69, 9.17) is 0 Å². The lowest BCUT2D eigenvalue weighted by atomic mass is 9.94. The van der Waals surface area contributed by atoms with Gasteiger partial charge in [0.05, 0.1) is 5.25 Å². The molecule has 18 heavy (non-hydrogen) atoms. The Hall–Kier alpha value is -0.190. The van der Waals surface area contributed by atoms with Crippen molar-refractivity contribution in [2.75, 3.05) is 5.75 Å². The van der Waals surface area contributed by atoms with Crippen LogP contribution in [0.15, 0.2) is 11.4 Å². The largest absolute Gasteiger partial charge is 0.243 e. The highest BCUT2D eigenvalue weighted by Gasteiger charge is 2.45. The SMILES string of the molecule is CCCCCCSC1C(F)C(F)=C(C)C(F)C1F. The Bertz CT molecular complexity index is 293. The van der Waals surface area contributed by atoms with E-state index in [-0.39, 0.29) is 0 Å². The Morgan fingerprint density at radius 3 is 2.33 bits per heavy atom. The normalized spacial score (nSPS) is 33.0. The molecule has 0 aromatic rings. The monoisotopic (exact) mass is 284 g/mol. The highest BCUT2D eigenvalue weighted by molar-refractivity contribution is 8.00. The third-order valence-corrected chi connectivity index (χ3v) is 4.63. The summed E-state index contributed by atoms with van der Waals surface area (Å²) in [6.07, 6.45) is -2.00. The van der Waals surface area contributed by atoms with Gasteiger partial charge in [-0.15, -0.1) is 0 Å². The average molecular weight is 284 g/mol. The van der Waals surface area contributed by atoms with Crippen LogP contribution >= 0.6 is 11.8 Å². The van der Waals surface area contributed by atoms with Gasteiger partial charge in [-0.1, -0.05) is 26.2 Å². The van der Waals surface area contributed by atoms with Crippen molar-refractivity contribution < 1.29 is 17.6 Å². The van der Waals surface area contributed by atoms with Crippen LogP contribution in [0.25, 0.3) is 0 Å². The number of allylic oxidation sites excluding steroid dienone is 2. The van der Waals surface area contributed by atoms with Crippen molar-refractivity contribution in [2.24, 2.45) is 0 Å². The summed E-state index contributed by atoms with van der Waals surface area (Å²) < 4.78 is 54.1. The summed E-state index contributed by atoms with van der Waals surface area (Å²) in [5.74, 6) is -0.577. The van der Waals surface area contributed by atoms with E-state index in [2.05, 4.69) is 6.92 Å². The second-order valence-corrected chi connectivity index (χ2v) is 5.96. The van der Waals surface area contributed by atoms with Gasteiger partial charge in [0, 0.05) is 0 Å². The van der Waals surface area contributed by atoms with Crippen LogP contribution in [0.2, 0.25) is 0 Å². The van der Waals surface area contributed by atoms with Gasteiger partial charge in [0.2, 0.25) is 0 Å². The fourth-order valence-corrected chi connectivity index (χ4v) is 3.24. The molecule has 0 spiro atoms. The third kappa shape index (κ3) is 3.65. The average Bonchev–Trinajstić information content (AvgIpc) is 2.37. The maximum atomic E-state index is 13.7.